The molecule has 0 aromatic heterocycles. The van der Waals surface area contributed by atoms with Crippen LogP contribution in [0.1, 0.15) is 6.92 Å². The van der Waals surface area contributed by atoms with Gasteiger partial charge in [0.1, 0.15) is 0 Å². The van der Waals surface area contributed by atoms with Crippen molar-refractivity contribution in [2.24, 2.45) is 10.9 Å². The molecule has 2 N–H and O–H groups in total. The largest absolute Gasteiger partial charge is 0.323 e. The fraction of sp³-hybridized carbons (Fsp3) is 0.143. The van der Waals surface area contributed by atoms with Crippen molar-refractivity contribution in [3.05, 3.63) is 31.6 Å². The first kappa shape index (κ1) is 6.59. The van der Waals surface area contributed by atoms with E-state index in [1.54, 1.807) is 0 Å². The predicted octanol–water partition coefficient (Wildman–Crippen LogP) is 0.726. The molecule has 1 fully saturated rings. The van der Waals surface area contributed by atoms with Crippen LogP contribution in [0.5, 0.6) is 0 Å². The molecule has 0 amide bonds. The highest BCUT2D eigenvalue weighted by Crippen LogP contribution is 2.23. The van der Waals surface area contributed by atoms with E-state index in [-0.39, 0.29) is 0 Å². The third-order valence-corrected chi connectivity index (χ3v) is 1.27. The molecule has 0 bridgehead atoms. The minimum atomic E-state index is 0.875. The molecule has 0 saturated heterocycles. The Labute approximate surface area is 56.1 Å². The number of nitrogens with zero attached hydrogens (tertiary/aromatic N) is 1. The minimum Gasteiger partial charge on any atom is -0.323 e. The molecule has 0 atom stereocenters. The molecule has 1 aliphatic carbocycles. The molecule has 0 aromatic rings. The Hall–Kier alpha value is -0.530. The smallest absolute Gasteiger partial charge is 0.0422 e. The van der Waals surface area contributed by atoms with Crippen LogP contribution in [-0.2, 0) is 0 Å². The van der Waals surface area contributed by atoms with Crippen LogP contribution in [0.4, 0.5) is 0 Å². The molecule has 2 nitrogen and oxygen atoms in total. The van der Waals surface area contributed by atoms with Gasteiger partial charge in [-0.15, -0.1) is 0 Å². The molecule has 47 valence electrons. The monoisotopic (exact) mass is 121 g/mol. The fourth-order valence-electron chi connectivity index (χ4n) is 0.690. The Morgan fingerprint density at radius 3 is 2.44 bits per heavy atom. The van der Waals surface area contributed by atoms with Crippen molar-refractivity contribution in [2.45, 2.75) is 6.92 Å². The summed E-state index contributed by atoms with van der Waals surface area (Å²) in [4.78, 5) is 0. The van der Waals surface area contributed by atoms with Crippen molar-refractivity contribution in [3.63, 3.8) is 0 Å². The van der Waals surface area contributed by atoms with Gasteiger partial charge in [-0.3, -0.25) is 0 Å². The first-order valence-corrected chi connectivity index (χ1v) is 2.81. The molecular weight excluding hydrogens is 112 g/mol. The first-order valence-electron chi connectivity index (χ1n) is 2.81. The zero-order valence-electron chi connectivity index (χ0n) is 5.33. The van der Waals surface area contributed by atoms with Crippen molar-refractivity contribution in [2.75, 3.05) is 0 Å². The Morgan fingerprint density at radius 1 is 1.44 bits per heavy atom. The van der Waals surface area contributed by atoms with Crippen LogP contribution in [-0.4, -0.2) is 5.71 Å². The molecule has 9 heavy (non-hydrogen) atoms. The van der Waals surface area contributed by atoms with Crippen LogP contribution in [0, 0.1) is 31.6 Å². The summed E-state index contributed by atoms with van der Waals surface area (Å²) < 4.78 is 0. The van der Waals surface area contributed by atoms with Gasteiger partial charge in [-0.1, -0.05) is 0 Å². The van der Waals surface area contributed by atoms with Crippen molar-refractivity contribution in [1.82, 2.24) is 0 Å². The number of rotatable bonds is 1. The second-order valence-electron chi connectivity index (χ2n) is 1.89. The van der Waals surface area contributed by atoms with Crippen molar-refractivity contribution < 1.29 is 0 Å². The average Bonchev–Trinajstić information content (AvgIpc) is 2.37. The summed E-state index contributed by atoms with van der Waals surface area (Å²) in [7, 11) is 0. The van der Waals surface area contributed by atoms with Gasteiger partial charge in [-0.2, -0.15) is 5.10 Å². The van der Waals surface area contributed by atoms with Gasteiger partial charge in [0.25, 0.3) is 0 Å². The molecule has 1 saturated carbocycles. The van der Waals surface area contributed by atoms with Crippen LogP contribution in [0.2, 0.25) is 0 Å². The van der Waals surface area contributed by atoms with Crippen LogP contribution in [0.25, 0.3) is 0 Å². The van der Waals surface area contributed by atoms with Crippen molar-refractivity contribution in [1.29, 1.82) is 0 Å². The fourth-order valence-corrected chi connectivity index (χ4v) is 0.690. The SMILES string of the molecule is C/C(=N\N)[C]1[CH][CH][CH][CH]1. The van der Waals surface area contributed by atoms with Gasteiger partial charge in [-0.05, 0) is 32.6 Å². The quantitative estimate of drug-likeness (QED) is 0.310. The predicted molar refractivity (Wildman–Crippen MR) is 37.7 cm³/mol. The number of nitrogens with two attached hydrogens (primary N) is 1. The molecule has 0 aliphatic heterocycles. The van der Waals surface area contributed by atoms with Crippen LogP contribution in [0.3, 0.4) is 0 Å². The van der Waals surface area contributed by atoms with Gasteiger partial charge >= 0.3 is 0 Å². The van der Waals surface area contributed by atoms with Gasteiger partial charge in [0.2, 0.25) is 0 Å². The zero-order valence-corrected chi connectivity index (χ0v) is 5.33. The third-order valence-electron chi connectivity index (χ3n) is 1.27. The normalized spacial score (nSPS) is 23.0. The highest BCUT2D eigenvalue weighted by atomic mass is 15.1. The molecule has 5 radical (unpaired) electrons. The van der Waals surface area contributed by atoms with Gasteiger partial charge in [0.05, 0.1) is 0 Å². The minimum absolute atomic E-state index is 0.875. The van der Waals surface area contributed by atoms with Crippen LogP contribution < -0.4 is 5.84 Å². The maximum atomic E-state index is 5.05. The number of hydrazone groups is 1. The average molecular weight is 121 g/mol. The van der Waals surface area contributed by atoms with E-state index in [4.69, 9.17) is 5.84 Å². The van der Waals surface area contributed by atoms with Gasteiger partial charge < -0.3 is 5.84 Å². The van der Waals surface area contributed by atoms with E-state index in [1.165, 1.54) is 0 Å². The maximum absolute atomic E-state index is 5.05. The van der Waals surface area contributed by atoms with E-state index in [9.17, 15) is 0 Å². The summed E-state index contributed by atoms with van der Waals surface area (Å²) in [5.74, 6) is 6.15. The lowest BCUT2D eigenvalue weighted by Crippen LogP contribution is -2.06. The molecule has 0 heterocycles. The van der Waals surface area contributed by atoms with Gasteiger partial charge in [0, 0.05) is 11.6 Å². The zero-order chi connectivity index (χ0) is 6.69. The Kier molecular flexibility index (Phi) is 2.09. The number of hydrogen-bond acceptors (Lipinski definition) is 2. The molecule has 0 aromatic carbocycles. The third kappa shape index (κ3) is 1.44. The topological polar surface area (TPSA) is 38.4 Å². The molecule has 1 aliphatic rings. The molecule has 2 heteroatoms. The second-order valence-corrected chi connectivity index (χ2v) is 1.89. The van der Waals surface area contributed by atoms with E-state index in [0.29, 0.717) is 0 Å². The van der Waals surface area contributed by atoms with Gasteiger partial charge in [-0.25, -0.2) is 0 Å². The summed E-state index contributed by atoms with van der Waals surface area (Å²) in [6, 6.07) is 0. The summed E-state index contributed by atoms with van der Waals surface area (Å²) in [6.07, 6.45) is 7.88. The maximum Gasteiger partial charge on any atom is 0.0422 e. The van der Waals surface area contributed by atoms with Crippen LogP contribution >= 0.6 is 0 Å². The lowest BCUT2D eigenvalue weighted by atomic mass is 10.0. The Morgan fingerprint density at radius 2 is 2.00 bits per heavy atom. The summed E-state index contributed by atoms with van der Waals surface area (Å²) in [5.41, 5.74) is 0.875. The standard InChI is InChI=1S/C7H9N2/c1-6(9-8)7-4-2-3-5-7/h2-5H,8H2,1H3/b9-6+. The molecule has 0 spiro atoms. The van der Waals surface area contributed by atoms with Crippen LogP contribution in [0.15, 0.2) is 5.10 Å². The van der Waals surface area contributed by atoms with E-state index < -0.39 is 0 Å². The van der Waals surface area contributed by atoms with E-state index >= 15 is 0 Å². The Bertz CT molecular complexity index is 112. The van der Waals surface area contributed by atoms with Crippen molar-refractivity contribution >= 4 is 5.71 Å². The molecular formula is C7H9N2. The van der Waals surface area contributed by atoms with Gasteiger partial charge in [0.15, 0.2) is 0 Å². The van der Waals surface area contributed by atoms with E-state index in [0.717, 1.165) is 11.6 Å². The summed E-state index contributed by atoms with van der Waals surface area (Å²) >= 11 is 0. The van der Waals surface area contributed by atoms with E-state index in [1.807, 2.05) is 32.6 Å². The first-order chi connectivity index (χ1) is 4.34. The molecule has 1 rings (SSSR count). The van der Waals surface area contributed by atoms with Crippen molar-refractivity contribution in [3.8, 4) is 0 Å². The molecule has 0 unspecified atom stereocenters. The highest BCUT2D eigenvalue weighted by molar-refractivity contribution is 5.99. The summed E-state index contributed by atoms with van der Waals surface area (Å²) in [6.45, 7) is 1.88. The number of hydrogen-bond donors (Lipinski definition) is 1. The lowest BCUT2D eigenvalue weighted by Gasteiger charge is -2.02. The Balaban J connectivity index is 2.42. The van der Waals surface area contributed by atoms with E-state index in [2.05, 4.69) is 5.10 Å². The highest BCUT2D eigenvalue weighted by Gasteiger charge is 2.18. The second kappa shape index (κ2) is 2.85. The lowest BCUT2D eigenvalue weighted by molar-refractivity contribution is 1.21. The summed E-state index contributed by atoms with van der Waals surface area (Å²) in [5, 5.41) is 3.55.